The molecule has 1 N–H and O–H groups in total. The van der Waals surface area contributed by atoms with Gasteiger partial charge < -0.3 is 15.1 Å². The highest BCUT2D eigenvalue weighted by molar-refractivity contribution is 7.08. The number of hydrogen-bond acceptors (Lipinski definition) is 3. The molecule has 2 saturated heterocycles. The van der Waals surface area contributed by atoms with Gasteiger partial charge in [0.15, 0.2) is 0 Å². The molecule has 3 heterocycles. The lowest BCUT2D eigenvalue weighted by molar-refractivity contribution is -0.128. The highest BCUT2D eigenvalue weighted by Gasteiger charge is 2.42. The van der Waals surface area contributed by atoms with E-state index in [1.165, 1.54) is 11.1 Å². The summed E-state index contributed by atoms with van der Waals surface area (Å²) in [5.41, 5.74) is 5.62. The molecular formula is C25H31N3O2S. The van der Waals surface area contributed by atoms with Gasteiger partial charge in [-0.1, -0.05) is 6.07 Å². The number of piperidine rings is 1. The highest BCUT2D eigenvalue weighted by atomic mass is 32.1. The second kappa shape index (κ2) is 8.87. The van der Waals surface area contributed by atoms with Crippen LogP contribution in [0.5, 0.6) is 0 Å². The van der Waals surface area contributed by atoms with Crippen molar-refractivity contribution in [2.24, 2.45) is 5.41 Å². The van der Waals surface area contributed by atoms with Gasteiger partial charge in [0.05, 0.1) is 0 Å². The van der Waals surface area contributed by atoms with Crippen LogP contribution in [0, 0.1) is 26.2 Å². The van der Waals surface area contributed by atoms with Crippen molar-refractivity contribution in [2.75, 3.05) is 31.5 Å². The number of carbonyl (C=O) groups excluding carboxylic acids is 2. The first-order chi connectivity index (χ1) is 14.8. The molecule has 2 aliphatic rings. The van der Waals surface area contributed by atoms with Crippen LogP contribution in [-0.2, 0) is 4.79 Å². The monoisotopic (exact) mass is 437 g/mol. The number of benzene rings is 1. The van der Waals surface area contributed by atoms with Crippen LogP contribution in [0.4, 0.5) is 10.5 Å². The maximum absolute atomic E-state index is 12.9. The number of likely N-dealkylation sites (tertiary alicyclic amines) is 2. The van der Waals surface area contributed by atoms with Gasteiger partial charge in [0.1, 0.15) is 0 Å². The van der Waals surface area contributed by atoms with Gasteiger partial charge >= 0.3 is 6.03 Å². The zero-order chi connectivity index (χ0) is 22.0. The Labute approximate surface area is 188 Å². The number of nitrogens with zero attached hydrogens (tertiary/aromatic N) is 2. The topological polar surface area (TPSA) is 52.7 Å². The van der Waals surface area contributed by atoms with E-state index in [1.807, 2.05) is 39.6 Å². The summed E-state index contributed by atoms with van der Waals surface area (Å²) in [6, 6.07) is 6.18. The SMILES string of the molecule is Cc1cc(C)c(NC(=O)N2CCC3(CCN(C(=O)/C=C/c4ccsc4)CC3)C2)cc1C. The molecule has 0 aliphatic carbocycles. The van der Waals surface area contributed by atoms with Crippen LogP contribution in [-0.4, -0.2) is 47.9 Å². The number of carbonyl (C=O) groups is 2. The van der Waals surface area contributed by atoms with Crippen LogP contribution in [0.25, 0.3) is 6.08 Å². The molecule has 0 bridgehead atoms. The van der Waals surface area contributed by atoms with Gasteiger partial charge in [-0.2, -0.15) is 11.3 Å². The fourth-order valence-corrected chi connectivity index (χ4v) is 5.28. The van der Waals surface area contributed by atoms with Gasteiger partial charge in [-0.15, -0.1) is 0 Å². The molecule has 1 aromatic carbocycles. The first-order valence-corrected chi connectivity index (χ1v) is 11.9. The van der Waals surface area contributed by atoms with E-state index in [2.05, 4.69) is 31.3 Å². The summed E-state index contributed by atoms with van der Waals surface area (Å²) < 4.78 is 0. The molecule has 0 atom stereocenters. The Balaban J connectivity index is 1.31. The predicted molar refractivity (Wildman–Crippen MR) is 127 cm³/mol. The Morgan fingerprint density at radius 2 is 1.68 bits per heavy atom. The molecule has 0 unspecified atom stereocenters. The number of aryl methyl sites for hydroxylation is 3. The average Bonchev–Trinajstić information content (AvgIpc) is 3.41. The summed E-state index contributed by atoms with van der Waals surface area (Å²) >= 11 is 1.63. The van der Waals surface area contributed by atoms with Crippen molar-refractivity contribution in [3.63, 3.8) is 0 Å². The number of anilines is 1. The molecule has 6 heteroatoms. The molecule has 2 fully saturated rings. The molecule has 1 spiro atoms. The smallest absolute Gasteiger partial charge is 0.321 e. The molecular weight excluding hydrogens is 406 g/mol. The van der Waals surface area contributed by atoms with E-state index < -0.39 is 0 Å². The second-order valence-electron chi connectivity index (χ2n) is 9.07. The Hall–Kier alpha value is -2.60. The molecule has 31 heavy (non-hydrogen) atoms. The van der Waals surface area contributed by atoms with Crippen molar-refractivity contribution >= 4 is 35.0 Å². The highest BCUT2D eigenvalue weighted by Crippen LogP contribution is 2.40. The van der Waals surface area contributed by atoms with E-state index in [4.69, 9.17) is 0 Å². The lowest BCUT2D eigenvalue weighted by atomic mass is 9.78. The summed E-state index contributed by atoms with van der Waals surface area (Å²) in [4.78, 5) is 29.3. The van der Waals surface area contributed by atoms with Gasteiger partial charge in [-0.3, -0.25) is 4.79 Å². The van der Waals surface area contributed by atoms with E-state index in [0.717, 1.165) is 62.3 Å². The Morgan fingerprint density at radius 3 is 2.35 bits per heavy atom. The second-order valence-corrected chi connectivity index (χ2v) is 9.85. The lowest BCUT2D eigenvalue weighted by Gasteiger charge is -2.38. The Morgan fingerprint density at radius 1 is 1.00 bits per heavy atom. The molecule has 5 nitrogen and oxygen atoms in total. The minimum Gasteiger partial charge on any atom is -0.339 e. The van der Waals surface area contributed by atoms with Crippen LogP contribution >= 0.6 is 11.3 Å². The van der Waals surface area contributed by atoms with Gasteiger partial charge in [0.2, 0.25) is 5.91 Å². The molecule has 2 aliphatic heterocycles. The average molecular weight is 438 g/mol. The van der Waals surface area contributed by atoms with Crippen molar-refractivity contribution in [1.82, 2.24) is 9.80 Å². The minimum absolute atomic E-state index is 0.0135. The van der Waals surface area contributed by atoms with Crippen LogP contribution in [0.1, 0.15) is 41.5 Å². The molecule has 2 aromatic rings. The Kier molecular flexibility index (Phi) is 6.19. The van der Waals surface area contributed by atoms with E-state index in [9.17, 15) is 9.59 Å². The van der Waals surface area contributed by atoms with Crippen molar-refractivity contribution in [3.8, 4) is 0 Å². The lowest BCUT2D eigenvalue weighted by Crippen LogP contribution is -2.44. The van der Waals surface area contributed by atoms with E-state index in [0.29, 0.717) is 0 Å². The molecule has 0 saturated carbocycles. The third kappa shape index (κ3) is 4.85. The van der Waals surface area contributed by atoms with Crippen LogP contribution in [0.3, 0.4) is 0 Å². The summed E-state index contributed by atoms with van der Waals surface area (Å²) in [5.74, 6) is 0.0823. The molecule has 0 radical (unpaired) electrons. The molecule has 3 amide bonds. The summed E-state index contributed by atoms with van der Waals surface area (Å²) in [5, 5.41) is 7.16. The number of urea groups is 1. The Bertz CT molecular complexity index is 988. The van der Waals surface area contributed by atoms with Gasteiger partial charge in [-0.05, 0) is 96.7 Å². The van der Waals surface area contributed by atoms with E-state index in [1.54, 1.807) is 17.4 Å². The predicted octanol–water partition coefficient (Wildman–Crippen LogP) is 5.23. The van der Waals surface area contributed by atoms with Crippen molar-refractivity contribution < 1.29 is 9.59 Å². The van der Waals surface area contributed by atoms with Crippen molar-refractivity contribution in [3.05, 3.63) is 57.3 Å². The number of amides is 3. The number of thiophene rings is 1. The number of rotatable bonds is 3. The maximum atomic E-state index is 12.9. The van der Waals surface area contributed by atoms with Crippen LogP contribution in [0.15, 0.2) is 35.0 Å². The van der Waals surface area contributed by atoms with E-state index >= 15 is 0 Å². The maximum Gasteiger partial charge on any atom is 0.321 e. The summed E-state index contributed by atoms with van der Waals surface area (Å²) in [6.45, 7) is 9.27. The first kappa shape index (κ1) is 21.6. The number of hydrogen-bond donors (Lipinski definition) is 1. The van der Waals surface area contributed by atoms with Gasteiger partial charge in [0, 0.05) is 37.9 Å². The zero-order valence-corrected chi connectivity index (χ0v) is 19.4. The molecule has 164 valence electrons. The van der Waals surface area contributed by atoms with Crippen LogP contribution < -0.4 is 5.32 Å². The standard InChI is InChI=1S/C25H31N3O2S/c1-18-14-20(3)22(15-19(18)2)26-24(30)28-12-9-25(17-28)7-10-27(11-8-25)23(29)5-4-21-6-13-31-16-21/h4-6,13-16H,7-12,17H2,1-3H3,(H,26,30)/b5-4+. The normalized spacial score (nSPS) is 18.2. The van der Waals surface area contributed by atoms with Crippen molar-refractivity contribution in [2.45, 2.75) is 40.0 Å². The largest absolute Gasteiger partial charge is 0.339 e. The van der Waals surface area contributed by atoms with Gasteiger partial charge in [-0.25, -0.2) is 4.79 Å². The molecule has 4 rings (SSSR count). The summed E-state index contributed by atoms with van der Waals surface area (Å²) in [7, 11) is 0. The zero-order valence-electron chi connectivity index (χ0n) is 18.6. The minimum atomic E-state index is -0.0135. The van der Waals surface area contributed by atoms with Gasteiger partial charge in [0.25, 0.3) is 0 Å². The summed E-state index contributed by atoms with van der Waals surface area (Å²) in [6.07, 6.45) is 6.49. The third-order valence-electron chi connectivity index (χ3n) is 6.91. The fraction of sp³-hybridized carbons (Fsp3) is 0.440. The quantitative estimate of drug-likeness (QED) is 0.668. The first-order valence-electron chi connectivity index (χ1n) is 11.0. The third-order valence-corrected chi connectivity index (χ3v) is 7.61. The number of nitrogens with one attached hydrogen (secondary N) is 1. The fourth-order valence-electron chi connectivity index (χ4n) is 4.65. The van der Waals surface area contributed by atoms with Crippen molar-refractivity contribution in [1.29, 1.82) is 0 Å². The van der Waals surface area contributed by atoms with Crippen LogP contribution in [0.2, 0.25) is 0 Å². The molecule has 1 aromatic heterocycles. The van der Waals surface area contributed by atoms with E-state index in [-0.39, 0.29) is 17.4 Å².